The van der Waals surface area contributed by atoms with Gasteiger partial charge in [0.25, 0.3) is 5.91 Å². The Kier molecular flexibility index (Phi) is 5.08. The molecule has 0 atom stereocenters. The Hall–Kier alpha value is -1.42. The average molecular weight is 301 g/mol. The number of hydrogen-bond acceptors (Lipinski definition) is 3. The monoisotopic (exact) mass is 301 g/mol. The maximum atomic E-state index is 12.4. The van der Waals surface area contributed by atoms with Crippen LogP contribution in [0.3, 0.4) is 0 Å². The SMILES string of the molecule is CCC1CCN(Cc2cccc(C(=O)N3CCCC3)n2)CC1. The second-order valence-corrected chi connectivity index (χ2v) is 6.64. The van der Waals surface area contributed by atoms with Gasteiger partial charge in [-0.25, -0.2) is 4.98 Å². The first-order valence-electron chi connectivity index (χ1n) is 8.74. The third kappa shape index (κ3) is 3.67. The van der Waals surface area contributed by atoms with Gasteiger partial charge in [-0.3, -0.25) is 9.69 Å². The molecular weight excluding hydrogens is 274 g/mol. The third-order valence-corrected chi connectivity index (χ3v) is 5.09. The topological polar surface area (TPSA) is 36.4 Å². The quantitative estimate of drug-likeness (QED) is 0.858. The number of likely N-dealkylation sites (tertiary alicyclic amines) is 2. The van der Waals surface area contributed by atoms with E-state index in [1.807, 2.05) is 23.1 Å². The van der Waals surface area contributed by atoms with Crippen molar-refractivity contribution in [3.63, 3.8) is 0 Å². The predicted molar refractivity (Wildman–Crippen MR) is 87.7 cm³/mol. The highest BCUT2D eigenvalue weighted by Crippen LogP contribution is 2.21. The fourth-order valence-electron chi connectivity index (χ4n) is 3.55. The summed E-state index contributed by atoms with van der Waals surface area (Å²) < 4.78 is 0. The van der Waals surface area contributed by atoms with E-state index in [0.29, 0.717) is 5.69 Å². The number of piperidine rings is 1. The second-order valence-electron chi connectivity index (χ2n) is 6.64. The summed E-state index contributed by atoms with van der Waals surface area (Å²) in [4.78, 5) is 21.4. The maximum Gasteiger partial charge on any atom is 0.272 e. The first-order valence-corrected chi connectivity index (χ1v) is 8.74. The molecule has 3 heterocycles. The van der Waals surface area contributed by atoms with Crippen molar-refractivity contribution in [1.82, 2.24) is 14.8 Å². The van der Waals surface area contributed by atoms with Gasteiger partial charge in [0.2, 0.25) is 0 Å². The molecule has 4 heteroatoms. The van der Waals surface area contributed by atoms with Gasteiger partial charge < -0.3 is 4.90 Å². The molecule has 3 rings (SSSR count). The summed E-state index contributed by atoms with van der Waals surface area (Å²) in [6.07, 6.45) is 6.13. The van der Waals surface area contributed by atoms with E-state index in [9.17, 15) is 4.79 Å². The fraction of sp³-hybridized carbons (Fsp3) is 0.667. The van der Waals surface area contributed by atoms with Gasteiger partial charge in [-0.15, -0.1) is 0 Å². The van der Waals surface area contributed by atoms with Crippen LogP contribution in [0.25, 0.3) is 0 Å². The van der Waals surface area contributed by atoms with Crippen LogP contribution in [0, 0.1) is 5.92 Å². The van der Waals surface area contributed by atoms with Gasteiger partial charge >= 0.3 is 0 Å². The van der Waals surface area contributed by atoms with Crippen molar-refractivity contribution < 1.29 is 4.79 Å². The van der Waals surface area contributed by atoms with Gasteiger partial charge in [0.05, 0.1) is 5.69 Å². The van der Waals surface area contributed by atoms with Gasteiger partial charge in [0.15, 0.2) is 0 Å². The minimum Gasteiger partial charge on any atom is -0.337 e. The number of carbonyl (C=O) groups is 1. The van der Waals surface area contributed by atoms with Crippen LogP contribution < -0.4 is 0 Å². The number of pyridine rings is 1. The van der Waals surface area contributed by atoms with Crippen LogP contribution in [0.15, 0.2) is 18.2 Å². The Labute approximate surface area is 133 Å². The third-order valence-electron chi connectivity index (χ3n) is 5.09. The van der Waals surface area contributed by atoms with E-state index < -0.39 is 0 Å². The summed E-state index contributed by atoms with van der Waals surface area (Å²) in [5, 5.41) is 0. The highest BCUT2D eigenvalue weighted by atomic mass is 16.2. The van der Waals surface area contributed by atoms with E-state index in [1.165, 1.54) is 19.3 Å². The smallest absolute Gasteiger partial charge is 0.272 e. The zero-order valence-electron chi connectivity index (χ0n) is 13.6. The largest absolute Gasteiger partial charge is 0.337 e. The molecule has 0 N–H and O–H groups in total. The zero-order chi connectivity index (χ0) is 15.4. The standard InChI is InChI=1S/C18H27N3O/c1-2-15-8-12-20(13-9-15)14-16-6-5-7-17(19-16)18(22)21-10-3-4-11-21/h5-7,15H,2-4,8-14H2,1H3. The van der Waals surface area contributed by atoms with Gasteiger partial charge in [0, 0.05) is 19.6 Å². The molecule has 1 aromatic heterocycles. The highest BCUT2D eigenvalue weighted by Gasteiger charge is 2.22. The Bertz CT molecular complexity index is 503. The maximum absolute atomic E-state index is 12.4. The second kappa shape index (κ2) is 7.23. The number of amides is 1. The lowest BCUT2D eigenvalue weighted by atomic mass is 9.94. The van der Waals surface area contributed by atoms with E-state index in [0.717, 1.165) is 57.2 Å². The molecule has 0 unspecified atom stereocenters. The number of aromatic nitrogens is 1. The van der Waals surface area contributed by atoms with Crippen molar-refractivity contribution in [2.24, 2.45) is 5.92 Å². The Morgan fingerprint density at radius 3 is 2.59 bits per heavy atom. The van der Waals surface area contributed by atoms with Crippen molar-refractivity contribution in [2.75, 3.05) is 26.2 Å². The van der Waals surface area contributed by atoms with Crippen molar-refractivity contribution in [3.05, 3.63) is 29.6 Å². The molecule has 22 heavy (non-hydrogen) atoms. The summed E-state index contributed by atoms with van der Waals surface area (Å²) >= 11 is 0. The molecule has 0 aromatic carbocycles. The molecule has 0 aliphatic carbocycles. The predicted octanol–water partition coefficient (Wildman–Crippen LogP) is 2.94. The first-order chi connectivity index (χ1) is 10.8. The number of rotatable bonds is 4. The molecule has 0 spiro atoms. The molecule has 0 bridgehead atoms. The molecule has 0 radical (unpaired) electrons. The van der Waals surface area contributed by atoms with Crippen LogP contribution in [0.2, 0.25) is 0 Å². The van der Waals surface area contributed by atoms with E-state index >= 15 is 0 Å². The Morgan fingerprint density at radius 2 is 1.91 bits per heavy atom. The summed E-state index contributed by atoms with van der Waals surface area (Å²) in [6.45, 7) is 7.24. The molecule has 2 fully saturated rings. The molecule has 4 nitrogen and oxygen atoms in total. The van der Waals surface area contributed by atoms with Crippen molar-refractivity contribution in [3.8, 4) is 0 Å². The summed E-state index contributed by atoms with van der Waals surface area (Å²) in [6, 6.07) is 5.88. The lowest BCUT2D eigenvalue weighted by Crippen LogP contribution is -2.33. The molecule has 2 aliphatic heterocycles. The summed E-state index contributed by atoms with van der Waals surface area (Å²) in [5.74, 6) is 0.997. The molecule has 0 saturated carbocycles. The van der Waals surface area contributed by atoms with Gasteiger partial charge in [-0.2, -0.15) is 0 Å². The Morgan fingerprint density at radius 1 is 1.18 bits per heavy atom. The van der Waals surface area contributed by atoms with Crippen LogP contribution >= 0.6 is 0 Å². The van der Waals surface area contributed by atoms with Crippen molar-refractivity contribution >= 4 is 5.91 Å². The van der Waals surface area contributed by atoms with Crippen LogP contribution in [0.1, 0.15) is 55.2 Å². The van der Waals surface area contributed by atoms with E-state index in [4.69, 9.17) is 0 Å². The number of carbonyl (C=O) groups excluding carboxylic acids is 1. The first kappa shape index (κ1) is 15.5. The van der Waals surface area contributed by atoms with Crippen LogP contribution in [-0.4, -0.2) is 46.9 Å². The molecule has 1 amide bonds. The summed E-state index contributed by atoms with van der Waals surface area (Å²) in [7, 11) is 0. The fourth-order valence-corrected chi connectivity index (χ4v) is 3.55. The minimum atomic E-state index is 0.101. The normalized spacial score (nSPS) is 20.5. The van der Waals surface area contributed by atoms with E-state index in [1.54, 1.807) is 0 Å². The van der Waals surface area contributed by atoms with Gasteiger partial charge in [0.1, 0.15) is 5.69 Å². The Balaban J connectivity index is 1.60. The van der Waals surface area contributed by atoms with Crippen LogP contribution in [0.4, 0.5) is 0 Å². The average Bonchev–Trinajstić information content (AvgIpc) is 3.09. The van der Waals surface area contributed by atoms with Crippen molar-refractivity contribution in [1.29, 1.82) is 0 Å². The van der Waals surface area contributed by atoms with Crippen molar-refractivity contribution in [2.45, 2.75) is 45.6 Å². The molecule has 2 saturated heterocycles. The number of nitrogens with zero attached hydrogens (tertiary/aromatic N) is 3. The summed E-state index contributed by atoms with van der Waals surface area (Å²) in [5.41, 5.74) is 1.64. The molecule has 2 aliphatic rings. The van der Waals surface area contributed by atoms with E-state index in [2.05, 4.69) is 16.8 Å². The molecular formula is C18H27N3O. The van der Waals surface area contributed by atoms with Crippen LogP contribution in [-0.2, 0) is 6.54 Å². The molecule has 120 valence electrons. The van der Waals surface area contributed by atoms with Crippen LogP contribution in [0.5, 0.6) is 0 Å². The number of hydrogen-bond donors (Lipinski definition) is 0. The lowest BCUT2D eigenvalue weighted by Gasteiger charge is -2.31. The zero-order valence-corrected chi connectivity index (χ0v) is 13.6. The highest BCUT2D eigenvalue weighted by molar-refractivity contribution is 5.92. The van der Waals surface area contributed by atoms with Gasteiger partial charge in [-0.1, -0.05) is 19.4 Å². The van der Waals surface area contributed by atoms with E-state index in [-0.39, 0.29) is 5.91 Å². The lowest BCUT2D eigenvalue weighted by molar-refractivity contribution is 0.0786. The minimum absolute atomic E-state index is 0.101. The van der Waals surface area contributed by atoms with Gasteiger partial charge in [-0.05, 0) is 56.8 Å². The molecule has 1 aromatic rings.